The molecular weight excluding hydrogens is 443 g/mol. The number of halogens is 1. The molecule has 0 saturated heterocycles. The monoisotopic (exact) mass is 468 g/mol. The lowest BCUT2D eigenvalue weighted by Gasteiger charge is -2.23. The molecule has 0 fully saturated rings. The van der Waals surface area contributed by atoms with Gasteiger partial charge in [0.05, 0.1) is 11.4 Å². The van der Waals surface area contributed by atoms with Crippen LogP contribution in [0.5, 0.6) is 5.75 Å². The Hall–Kier alpha value is -3.23. The van der Waals surface area contributed by atoms with Gasteiger partial charge in [-0.25, -0.2) is 12.8 Å². The van der Waals surface area contributed by atoms with E-state index in [1.54, 1.807) is 4.90 Å². The minimum absolute atomic E-state index is 0.0330. The summed E-state index contributed by atoms with van der Waals surface area (Å²) in [6, 6.07) is 18.1. The minimum atomic E-state index is -3.82. The molecule has 1 aliphatic rings. The van der Waals surface area contributed by atoms with Crippen molar-refractivity contribution in [3.63, 3.8) is 0 Å². The standard InChI is InChI=1S/C25H25FN2O4S/c1-18-3-8-23(9-4-18)28(19(2)29)16-20-5-12-25-21(15-20)17-27(13-14-32-25)33(30,31)24-10-6-22(26)7-11-24/h3-12,15H,13-14,16-17H2,1-2H3. The first-order valence-electron chi connectivity index (χ1n) is 10.6. The molecule has 0 N–H and O–H groups in total. The minimum Gasteiger partial charge on any atom is -0.492 e. The van der Waals surface area contributed by atoms with Gasteiger partial charge in [0.25, 0.3) is 0 Å². The van der Waals surface area contributed by atoms with E-state index in [4.69, 9.17) is 4.74 Å². The van der Waals surface area contributed by atoms with Gasteiger partial charge in [0.1, 0.15) is 18.2 Å². The van der Waals surface area contributed by atoms with Crippen LogP contribution in [0.4, 0.5) is 10.1 Å². The maximum Gasteiger partial charge on any atom is 0.243 e. The van der Waals surface area contributed by atoms with Crippen LogP contribution in [-0.2, 0) is 27.9 Å². The molecule has 172 valence electrons. The molecule has 8 heteroatoms. The number of fused-ring (bicyclic) bond motifs is 1. The van der Waals surface area contributed by atoms with Gasteiger partial charge in [-0.2, -0.15) is 4.31 Å². The Balaban J connectivity index is 1.61. The van der Waals surface area contributed by atoms with Crippen LogP contribution in [-0.4, -0.2) is 31.8 Å². The number of anilines is 1. The number of nitrogens with zero attached hydrogens (tertiary/aromatic N) is 2. The largest absolute Gasteiger partial charge is 0.492 e. The molecule has 0 bridgehead atoms. The summed E-state index contributed by atoms with van der Waals surface area (Å²) in [6.45, 7) is 4.34. The number of amides is 1. The summed E-state index contributed by atoms with van der Waals surface area (Å²) in [5.74, 6) is 0.0255. The molecule has 3 aromatic carbocycles. The Kier molecular flexibility index (Phi) is 6.49. The predicted octanol–water partition coefficient (Wildman–Crippen LogP) is 4.27. The number of carbonyl (C=O) groups is 1. The number of rotatable bonds is 5. The molecule has 0 spiro atoms. The average molecular weight is 469 g/mol. The highest BCUT2D eigenvalue weighted by Gasteiger charge is 2.28. The molecule has 0 aliphatic carbocycles. The number of aryl methyl sites for hydroxylation is 1. The molecule has 6 nitrogen and oxygen atoms in total. The highest BCUT2D eigenvalue weighted by molar-refractivity contribution is 7.89. The summed E-state index contributed by atoms with van der Waals surface area (Å²) < 4.78 is 46.6. The van der Waals surface area contributed by atoms with Crippen molar-refractivity contribution in [2.75, 3.05) is 18.1 Å². The van der Waals surface area contributed by atoms with E-state index in [1.165, 1.54) is 23.4 Å². The van der Waals surface area contributed by atoms with Crippen LogP contribution in [0.15, 0.2) is 71.6 Å². The summed E-state index contributed by atoms with van der Waals surface area (Å²) in [4.78, 5) is 14.0. The first-order chi connectivity index (χ1) is 15.7. The van der Waals surface area contributed by atoms with Crippen molar-refractivity contribution >= 4 is 21.6 Å². The second-order valence-electron chi connectivity index (χ2n) is 8.02. The molecule has 0 radical (unpaired) electrons. The number of sulfonamides is 1. The van der Waals surface area contributed by atoms with E-state index < -0.39 is 15.8 Å². The first kappa shape index (κ1) is 22.9. The molecule has 0 saturated carbocycles. The third kappa shape index (κ3) is 5.07. The summed E-state index contributed by atoms with van der Waals surface area (Å²) in [5, 5.41) is 0. The topological polar surface area (TPSA) is 66.9 Å². The number of hydrogen-bond donors (Lipinski definition) is 0. The van der Waals surface area contributed by atoms with Crippen molar-refractivity contribution in [3.05, 3.63) is 89.2 Å². The first-order valence-corrected chi connectivity index (χ1v) is 12.0. The Morgan fingerprint density at radius 2 is 1.76 bits per heavy atom. The Morgan fingerprint density at radius 1 is 1.06 bits per heavy atom. The summed E-state index contributed by atoms with van der Waals surface area (Å²) in [5.41, 5.74) is 3.46. The van der Waals surface area contributed by atoms with Crippen molar-refractivity contribution in [1.82, 2.24) is 4.31 Å². The van der Waals surface area contributed by atoms with Gasteiger partial charge in [-0.15, -0.1) is 0 Å². The Morgan fingerprint density at radius 3 is 2.42 bits per heavy atom. The molecule has 3 aromatic rings. The van der Waals surface area contributed by atoms with Crippen LogP contribution in [0.25, 0.3) is 0 Å². The second kappa shape index (κ2) is 9.33. The zero-order valence-electron chi connectivity index (χ0n) is 18.5. The van der Waals surface area contributed by atoms with E-state index >= 15 is 0 Å². The van der Waals surface area contributed by atoms with Gasteiger partial charge >= 0.3 is 0 Å². The highest BCUT2D eigenvalue weighted by Crippen LogP contribution is 2.29. The number of benzene rings is 3. The molecular formula is C25H25FN2O4S. The van der Waals surface area contributed by atoms with E-state index in [1.807, 2.05) is 49.4 Å². The van der Waals surface area contributed by atoms with E-state index in [0.29, 0.717) is 17.9 Å². The smallest absolute Gasteiger partial charge is 0.243 e. The van der Waals surface area contributed by atoms with Gasteiger partial charge in [0, 0.05) is 31.3 Å². The maximum atomic E-state index is 13.3. The third-order valence-corrected chi connectivity index (χ3v) is 7.45. The van der Waals surface area contributed by atoms with Crippen molar-refractivity contribution in [1.29, 1.82) is 0 Å². The number of ether oxygens (including phenoxy) is 1. The van der Waals surface area contributed by atoms with Gasteiger partial charge in [0.15, 0.2) is 0 Å². The molecule has 33 heavy (non-hydrogen) atoms. The van der Waals surface area contributed by atoms with Crippen LogP contribution in [0.1, 0.15) is 23.6 Å². The van der Waals surface area contributed by atoms with Gasteiger partial charge < -0.3 is 9.64 Å². The van der Waals surface area contributed by atoms with Gasteiger partial charge in [-0.1, -0.05) is 23.8 Å². The summed E-state index contributed by atoms with van der Waals surface area (Å²) >= 11 is 0. The lowest BCUT2D eigenvalue weighted by atomic mass is 10.1. The van der Waals surface area contributed by atoms with Crippen LogP contribution < -0.4 is 9.64 Å². The van der Waals surface area contributed by atoms with Crippen LogP contribution in [0.3, 0.4) is 0 Å². The van der Waals surface area contributed by atoms with Crippen molar-refractivity contribution in [3.8, 4) is 5.75 Å². The summed E-state index contributed by atoms with van der Waals surface area (Å²) in [7, 11) is -3.82. The Bertz CT molecular complexity index is 1260. The zero-order chi connectivity index (χ0) is 23.6. The van der Waals surface area contributed by atoms with E-state index in [9.17, 15) is 17.6 Å². The normalized spacial score (nSPS) is 14.2. The van der Waals surface area contributed by atoms with Gasteiger partial charge in [-0.3, -0.25) is 4.79 Å². The Labute approximate surface area is 193 Å². The highest BCUT2D eigenvalue weighted by atomic mass is 32.2. The molecule has 1 aliphatic heterocycles. The van der Waals surface area contributed by atoms with Gasteiger partial charge in [-0.05, 0) is 61.0 Å². The third-order valence-electron chi connectivity index (χ3n) is 5.59. The van der Waals surface area contributed by atoms with E-state index in [-0.39, 0.29) is 30.5 Å². The fourth-order valence-electron chi connectivity index (χ4n) is 3.77. The SMILES string of the molecule is CC(=O)N(Cc1ccc2c(c1)CN(S(=O)(=O)c1ccc(F)cc1)CCO2)c1ccc(C)cc1. The van der Waals surface area contributed by atoms with E-state index in [2.05, 4.69) is 0 Å². The number of carbonyl (C=O) groups excluding carboxylic acids is 1. The number of hydrogen-bond acceptors (Lipinski definition) is 4. The fourth-order valence-corrected chi connectivity index (χ4v) is 5.18. The quantitative estimate of drug-likeness (QED) is 0.561. The molecule has 1 heterocycles. The molecule has 4 rings (SSSR count). The summed E-state index contributed by atoms with van der Waals surface area (Å²) in [6.07, 6.45) is 0. The zero-order valence-corrected chi connectivity index (χ0v) is 19.3. The molecule has 0 atom stereocenters. The lowest BCUT2D eigenvalue weighted by Crippen LogP contribution is -2.32. The van der Waals surface area contributed by atoms with Crippen molar-refractivity contribution < 1.29 is 22.3 Å². The molecule has 0 aromatic heterocycles. The van der Waals surface area contributed by atoms with Crippen molar-refractivity contribution in [2.24, 2.45) is 0 Å². The van der Waals surface area contributed by atoms with Crippen LogP contribution in [0.2, 0.25) is 0 Å². The molecule has 0 unspecified atom stereocenters. The van der Waals surface area contributed by atoms with Crippen molar-refractivity contribution in [2.45, 2.75) is 31.8 Å². The van der Waals surface area contributed by atoms with Crippen LogP contribution >= 0.6 is 0 Å². The average Bonchev–Trinajstić information content (AvgIpc) is 3.01. The second-order valence-corrected chi connectivity index (χ2v) is 9.96. The maximum absolute atomic E-state index is 13.3. The lowest BCUT2D eigenvalue weighted by molar-refractivity contribution is -0.116. The predicted molar refractivity (Wildman–Crippen MR) is 124 cm³/mol. The van der Waals surface area contributed by atoms with Gasteiger partial charge in [0.2, 0.25) is 15.9 Å². The van der Waals surface area contributed by atoms with Crippen LogP contribution in [0, 0.1) is 12.7 Å². The van der Waals surface area contributed by atoms with E-state index in [0.717, 1.165) is 28.9 Å². The molecule has 1 amide bonds. The fraction of sp³-hybridized carbons (Fsp3) is 0.240.